The molecule has 7 heteroatoms. The van der Waals surface area contributed by atoms with E-state index >= 15 is 0 Å². The van der Waals surface area contributed by atoms with Gasteiger partial charge in [-0.2, -0.15) is 13.2 Å². The molecule has 0 spiro atoms. The standard InChI is InChI=1S/C9H5Cl2F3O.Na.H/c10-6-1-5(2-7(11)3-6)8(4-15-8)9(12,13)14;;/h1-3H,4H2;;/q;+1;-1. The van der Waals surface area contributed by atoms with Crippen molar-refractivity contribution in [1.29, 1.82) is 0 Å². The van der Waals surface area contributed by atoms with E-state index in [2.05, 4.69) is 4.74 Å². The van der Waals surface area contributed by atoms with Crippen LogP contribution < -0.4 is 29.6 Å². The summed E-state index contributed by atoms with van der Waals surface area (Å²) in [6.45, 7) is -0.382. The molecular formula is C9H6Cl2F3NaO. The first-order chi connectivity index (χ1) is 6.85. The van der Waals surface area contributed by atoms with Gasteiger partial charge in [-0.05, 0) is 23.8 Å². The summed E-state index contributed by atoms with van der Waals surface area (Å²) in [5, 5.41) is 0.327. The minimum absolute atomic E-state index is 0. The molecule has 1 nitrogen and oxygen atoms in total. The Morgan fingerprint density at radius 1 is 1.19 bits per heavy atom. The number of epoxide rings is 1. The van der Waals surface area contributed by atoms with Crippen molar-refractivity contribution in [2.45, 2.75) is 11.8 Å². The van der Waals surface area contributed by atoms with Crippen molar-refractivity contribution in [3.63, 3.8) is 0 Å². The maximum atomic E-state index is 12.6. The fourth-order valence-electron chi connectivity index (χ4n) is 1.35. The number of halogens is 5. The average Bonchev–Trinajstić information content (AvgIpc) is 2.79. The molecule has 1 aromatic rings. The van der Waals surface area contributed by atoms with Crippen molar-refractivity contribution in [2.24, 2.45) is 0 Å². The Morgan fingerprint density at radius 3 is 1.94 bits per heavy atom. The van der Waals surface area contributed by atoms with Gasteiger partial charge in [0.25, 0.3) is 0 Å². The Bertz CT molecular complexity index is 389. The Labute approximate surface area is 124 Å². The van der Waals surface area contributed by atoms with Gasteiger partial charge in [0.1, 0.15) is 0 Å². The summed E-state index contributed by atoms with van der Waals surface area (Å²) in [6, 6.07) is 3.81. The van der Waals surface area contributed by atoms with Crippen molar-refractivity contribution in [3.05, 3.63) is 33.8 Å². The second-order valence-electron chi connectivity index (χ2n) is 3.27. The molecule has 16 heavy (non-hydrogen) atoms. The number of hydrogen-bond donors (Lipinski definition) is 0. The monoisotopic (exact) mass is 280 g/mol. The Kier molecular flexibility index (Phi) is 4.26. The first-order valence-corrected chi connectivity index (χ1v) is 4.78. The van der Waals surface area contributed by atoms with Gasteiger partial charge in [0.05, 0.1) is 6.61 Å². The minimum atomic E-state index is -4.44. The Morgan fingerprint density at radius 2 is 1.62 bits per heavy atom. The fourth-order valence-corrected chi connectivity index (χ4v) is 1.88. The zero-order valence-electron chi connectivity index (χ0n) is 9.24. The van der Waals surface area contributed by atoms with Crippen LogP contribution >= 0.6 is 23.2 Å². The first kappa shape index (κ1) is 14.6. The van der Waals surface area contributed by atoms with Crippen molar-refractivity contribution in [2.75, 3.05) is 6.61 Å². The smallest absolute Gasteiger partial charge is 1.00 e. The summed E-state index contributed by atoms with van der Waals surface area (Å²) in [5.41, 5.74) is -2.26. The Hall–Kier alpha value is 0.550. The molecule has 1 aromatic carbocycles. The molecule has 0 amide bonds. The maximum Gasteiger partial charge on any atom is 1.00 e. The van der Waals surface area contributed by atoms with Gasteiger partial charge in [-0.1, -0.05) is 23.2 Å². The van der Waals surface area contributed by atoms with E-state index in [0.717, 1.165) is 0 Å². The second-order valence-corrected chi connectivity index (χ2v) is 4.14. The molecular weight excluding hydrogens is 275 g/mol. The molecule has 0 aromatic heterocycles. The van der Waals surface area contributed by atoms with E-state index in [1.54, 1.807) is 0 Å². The summed E-state index contributed by atoms with van der Waals surface area (Å²) in [5.74, 6) is 0. The number of ether oxygens (including phenoxy) is 1. The van der Waals surface area contributed by atoms with E-state index in [1.807, 2.05) is 0 Å². The van der Waals surface area contributed by atoms with E-state index in [1.165, 1.54) is 18.2 Å². The van der Waals surface area contributed by atoms with Gasteiger partial charge < -0.3 is 6.16 Å². The predicted molar refractivity (Wildman–Crippen MR) is 51.3 cm³/mol. The second kappa shape index (κ2) is 4.67. The van der Waals surface area contributed by atoms with E-state index in [-0.39, 0.29) is 53.2 Å². The van der Waals surface area contributed by atoms with Crippen LogP contribution in [0.3, 0.4) is 0 Å². The third-order valence-corrected chi connectivity index (χ3v) is 2.66. The van der Waals surface area contributed by atoms with Crippen LogP contribution in [0.4, 0.5) is 13.2 Å². The third-order valence-electron chi connectivity index (χ3n) is 2.22. The third kappa shape index (κ3) is 2.52. The average molecular weight is 281 g/mol. The molecule has 0 bridgehead atoms. The normalized spacial score (nSPS) is 23.8. The first-order valence-electron chi connectivity index (χ1n) is 4.02. The van der Waals surface area contributed by atoms with Crippen LogP contribution in [-0.4, -0.2) is 12.8 Å². The molecule has 1 aliphatic rings. The molecule has 0 saturated carbocycles. The van der Waals surface area contributed by atoms with E-state index in [0.29, 0.717) is 0 Å². The fraction of sp³-hybridized carbons (Fsp3) is 0.333. The van der Waals surface area contributed by atoms with Crippen LogP contribution in [0.15, 0.2) is 18.2 Å². The molecule has 0 radical (unpaired) electrons. The minimum Gasteiger partial charge on any atom is -1.00 e. The van der Waals surface area contributed by atoms with Crippen molar-refractivity contribution in [1.82, 2.24) is 0 Å². The van der Waals surface area contributed by atoms with Gasteiger partial charge in [0, 0.05) is 10.0 Å². The van der Waals surface area contributed by atoms with Gasteiger partial charge in [-0.15, -0.1) is 0 Å². The summed E-state index contributed by atoms with van der Waals surface area (Å²) in [7, 11) is 0. The number of alkyl halides is 3. The van der Waals surface area contributed by atoms with E-state index in [4.69, 9.17) is 23.2 Å². The SMILES string of the molecule is FC(F)(F)C1(c2cc(Cl)cc(Cl)c2)CO1.[H-].[Na+]. The molecule has 0 N–H and O–H groups in total. The molecule has 2 rings (SSSR count). The number of hydrogen-bond acceptors (Lipinski definition) is 1. The van der Waals surface area contributed by atoms with E-state index in [9.17, 15) is 13.2 Å². The molecule has 1 saturated heterocycles. The topological polar surface area (TPSA) is 12.5 Å². The molecule has 84 valence electrons. The molecule has 1 fully saturated rings. The summed E-state index contributed by atoms with van der Waals surface area (Å²) < 4.78 is 42.4. The van der Waals surface area contributed by atoms with E-state index < -0.39 is 11.8 Å². The largest absolute Gasteiger partial charge is 1.00 e. The van der Waals surface area contributed by atoms with Crippen LogP contribution in [0.5, 0.6) is 0 Å². The maximum absolute atomic E-state index is 12.6. The molecule has 1 unspecified atom stereocenters. The molecule has 0 aliphatic carbocycles. The molecule has 1 aliphatic heterocycles. The van der Waals surface area contributed by atoms with Crippen LogP contribution in [0.25, 0.3) is 0 Å². The van der Waals surface area contributed by atoms with Crippen LogP contribution in [0, 0.1) is 0 Å². The number of rotatable bonds is 1. The zero-order valence-corrected chi connectivity index (χ0v) is 11.7. The predicted octanol–water partition coefficient (Wildman–Crippen LogP) is 0.898. The van der Waals surface area contributed by atoms with Crippen LogP contribution in [-0.2, 0) is 10.3 Å². The Balaban J connectivity index is 0.00000128. The van der Waals surface area contributed by atoms with Crippen molar-refractivity contribution in [3.8, 4) is 0 Å². The van der Waals surface area contributed by atoms with Gasteiger partial charge in [0.15, 0.2) is 0 Å². The summed E-state index contributed by atoms with van der Waals surface area (Å²) in [4.78, 5) is 0. The van der Waals surface area contributed by atoms with Crippen molar-refractivity contribution < 1.29 is 48.9 Å². The molecule has 1 atom stereocenters. The van der Waals surface area contributed by atoms with Gasteiger partial charge in [-0.25, -0.2) is 0 Å². The van der Waals surface area contributed by atoms with Gasteiger partial charge in [-0.3, -0.25) is 0 Å². The van der Waals surface area contributed by atoms with Gasteiger partial charge in [0.2, 0.25) is 5.60 Å². The zero-order chi connectivity index (χ0) is 11.3. The summed E-state index contributed by atoms with van der Waals surface area (Å²) in [6.07, 6.45) is -4.44. The van der Waals surface area contributed by atoms with Crippen molar-refractivity contribution >= 4 is 23.2 Å². The van der Waals surface area contributed by atoms with Crippen LogP contribution in [0.2, 0.25) is 10.0 Å². The quantitative estimate of drug-likeness (QED) is 0.550. The molecule has 1 heterocycles. The van der Waals surface area contributed by atoms with Gasteiger partial charge >= 0.3 is 35.7 Å². The number of benzene rings is 1. The summed E-state index contributed by atoms with van der Waals surface area (Å²) >= 11 is 11.3. The van der Waals surface area contributed by atoms with Crippen LogP contribution in [0.1, 0.15) is 6.99 Å².